The maximum absolute atomic E-state index is 13.4. The second-order valence-electron chi connectivity index (χ2n) is 9.28. The Bertz CT molecular complexity index is 1360. The summed E-state index contributed by atoms with van der Waals surface area (Å²) in [6.07, 6.45) is 5.52. The summed E-state index contributed by atoms with van der Waals surface area (Å²) in [5.74, 6) is -0.147. The molecule has 0 radical (unpaired) electrons. The van der Waals surface area contributed by atoms with Gasteiger partial charge >= 0.3 is 5.97 Å². The molecule has 40 heavy (non-hydrogen) atoms. The van der Waals surface area contributed by atoms with Gasteiger partial charge in [0, 0.05) is 15.5 Å². The molecule has 1 aromatic heterocycles. The highest BCUT2D eigenvalue weighted by atomic mass is 32.2. The molecule has 10 heteroatoms. The van der Waals surface area contributed by atoms with Crippen LogP contribution in [0.4, 0.5) is 10.7 Å². The van der Waals surface area contributed by atoms with Gasteiger partial charge in [-0.15, -0.1) is 23.1 Å². The van der Waals surface area contributed by atoms with Crippen LogP contribution in [0.1, 0.15) is 63.8 Å². The minimum atomic E-state index is -0.412. The summed E-state index contributed by atoms with van der Waals surface area (Å²) in [4.78, 5) is 41.2. The van der Waals surface area contributed by atoms with Gasteiger partial charge in [0.05, 0.1) is 32.1 Å². The van der Waals surface area contributed by atoms with E-state index in [1.54, 1.807) is 24.3 Å². The van der Waals surface area contributed by atoms with Gasteiger partial charge in [-0.05, 0) is 68.0 Å². The van der Waals surface area contributed by atoms with Crippen LogP contribution in [0.2, 0.25) is 0 Å². The number of rotatable bonds is 10. The molecule has 1 aliphatic rings. The van der Waals surface area contributed by atoms with Crippen LogP contribution in [-0.2, 0) is 22.4 Å². The van der Waals surface area contributed by atoms with E-state index < -0.39 is 11.2 Å². The topological polar surface area (TPSA) is 103 Å². The van der Waals surface area contributed by atoms with Crippen molar-refractivity contribution in [3.63, 3.8) is 0 Å². The molecule has 0 fully saturated rings. The molecule has 0 aliphatic heterocycles. The first-order chi connectivity index (χ1) is 19.4. The SMILES string of the molecule is CCC(Sc1cccc(NC(=O)c2c(OC)cccc2OC)c1)C(=O)Nc1sc2c(c1C(=O)OC)CCCCC2. The van der Waals surface area contributed by atoms with E-state index in [0.717, 1.165) is 47.4 Å². The van der Waals surface area contributed by atoms with E-state index in [4.69, 9.17) is 14.2 Å². The van der Waals surface area contributed by atoms with Gasteiger partial charge < -0.3 is 24.8 Å². The number of fused-ring (bicyclic) bond motifs is 1. The predicted molar refractivity (Wildman–Crippen MR) is 159 cm³/mol. The van der Waals surface area contributed by atoms with E-state index >= 15 is 0 Å². The van der Waals surface area contributed by atoms with Gasteiger partial charge in [-0.2, -0.15) is 0 Å². The van der Waals surface area contributed by atoms with E-state index in [0.29, 0.717) is 39.7 Å². The number of ether oxygens (including phenoxy) is 3. The van der Waals surface area contributed by atoms with Crippen molar-refractivity contribution in [2.45, 2.75) is 55.6 Å². The van der Waals surface area contributed by atoms with Crippen molar-refractivity contribution < 1.29 is 28.6 Å². The molecule has 212 valence electrons. The average Bonchev–Trinajstić information content (AvgIpc) is 3.14. The minimum absolute atomic E-state index is 0.178. The summed E-state index contributed by atoms with van der Waals surface area (Å²) >= 11 is 2.89. The standard InChI is InChI=1S/C30H34N2O6S2/c1-5-23(27(33)32-29-25(30(35)38-4)20-13-7-6-8-16-24(20)40-29)39-19-12-9-11-18(17-19)31-28(34)26-21(36-2)14-10-15-22(26)37-3/h9-12,14-15,17,23H,5-8,13,16H2,1-4H3,(H,31,34)(H,32,33). The third-order valence-electron chi connectivity index (χ3n) is 6.74. The minimum Gasteiger partial charge on any atom is -0.496 e. The number of carbonyl (C=O) groups excluding carboxylic acids is 3. The van der Waals surface area contributed by atoms with Crippen LogP contribution in [0.25, 0.3) is 0 Å². The van der Waals surface area contributed by atoms with E-state index in [1.807, 2.05) is 25.1 Å². The van der Waals surface area contributed by atoms with Crippen LogP contribution in [0.15, 0.2) is 47.4 Å². The van der Waals surface area contributed by atoms with Gasteiger partial charge in [0.1, 0.15) is 22.1 Å². The van der Waals surface area contributed by atoms with Crippen molar-refractivity contribution >= 4 is 51.6 Å². The molecule has 3 aromatic rings. The summed E-state index contributed by atoms with van der Waals surface area (Å²) in [6, 6.07) is 12.5. The van der Waals surface area contributed by atoms with Gasteiger partial charge in [0.15, 0.2) is 0 Å². The van der Waals surface area contributed by atoms with Gasteiger partial charge in [-0.1, -0.05) is 25.5 Å². The van der Waals surface area contributed by atoms with Crippen LogP contribution < -0.4 is 20.1 Å². The fourth-order valence-electron chi connectivity index (χ4n) is 4.74. The lowest BCUT2D eigenvalue weighted by Gasteiger charge is -2.16. The fraction of sp³-hybridized carbons (Fsp3) is 0.367. The van der Waals surface area contributed by atoms with E-state index in [2.05, 4.69) is 10.6 Å². The van der Waals surface area contributed by atoms with E-state index in [-0.39, 0.29) is 11.8 Å². The van der Waals surface area contributed by atoms with Gasteiger partial charge in [-0.3, -0.25) is 9.59 Å². The summed E-state index contributed by atoms with van der Waals surface area (Å²) in [5, 5.41) is 6.09. The number of esters is 1. The number of thiophene rings is 1. The van der Waals surface area contributed by atoms with Crippen molar-refractivity contribution in [1.29, 1.82) is 0 Å². The van der Waals surface area contributed by atoms with Crippen molar-refractivity contribution in [2.75, 3.05) is 32.0 Å². The summed E-state index contributed by atoms with van der Waals surface area (Å²) in [7, 11) is 4.37. The first-order valence-electron chi connectivity index (χ1n) is 13.2. The summed E-state index contributed by atoms with van der Waals surface area (Å²) < 4.78 is 15.8. The maximum Gasteiger partial charge on any atom is 0.341 e. The predicted octanol–water partition coefficient (Wildman–Crippen LogP) is 6.58. The number of carbonyl (C=O) groups is 3. The van der Waals surface area contributed by atoms with Crippen LogP contribution >= 0.6 is 23.1 Å². The normalized spacial score (nSPS) is 13.4. The Balaban J connectivity index is 1.50. The Hall–Kier alpha value is -3.50. The molecule has 0 bridgehead atoms. The Morgan fingerprint density at radius 3 is 2.30 bits per heavy atom. The number of methoxy groups -OCH3 is 3. The molecule has 1 atom stereocenters. The second-order valence-corrected chi connectivity index (χ2v) is 11.7. The molecule has 0 saturated carbocycles. The molecule has 2 amide bonds. The van der Waals surface area contributed by atoms with E-state index in [1.165, 1.54) is 44.4 Å². The third kappa shape index (κ3) is 6.62. The number of anilines is 2. The summed E-state index contributed by atoms with van der Waals surface area (Å²) in [5.41, 5.74) is 2.38. The zero-order chi connectivity index (χ0) is 28.6. The average molecular weight is 583 g/mol. The fourth-order valence-corrected chi connectivity index (χ4v) is 7.04. The zero-order valence-corrected chi connectivity index (χ0v) is 24.8. The van der Waals surface area contributed by atoms with Gasteiger partial charge in [-0.25, -0.2) is 4.79 Å². The number of benzene rings is 2. The number of aryl methyl sites for hydroxylation is 1. The molecule has 0 saturated heterocycles. The van der Waals surface area contributed by atoms with Crippen LogP contribution in [-0.4, -0.2) is 44.4 Å². The van der Waals surface area contributed by atoms with Crippen LogP contribution in [0.3, 0.4) is 0 Å². The molecule has 0 spiro atoms. The van der Waals surface area contributed by atoms with Crippen LogP contribution in [0.5, 0.6) is 11.5 Å². The molecule has 4 rings (SSSR count). The highest BCUT2D eigenvalue weighted by Gasteiger charge is 2.28. The lowest BCUT2D eigenvalue weighted by Crippen LogP contribution is -2.25. The molecular formula is C30H34N2O6S2. The highest BCUT2D eigenvalue weighted by molar-refractivity contribution is 8.00. The Kier molecular flexibility index (Phi) is 10.1. The van der Waals surface area contributed by atoms with Crippen LogP contribution in [0, 0.1) is 0 Å². The molecule has 1 aliphatic carbocycles. The highest BCUT2D eigenvalue weighted by Crippen LogP contribution is 2.39. The summed E-state index contributed by atoms with van der Waals surface area (Å²) in [6.45, 7) is 1.95. The number of hydrogen-bond donors (Lipinski definition) is 2. The number of amides is 2. The molecule has 8 nitrogen and oxygen atoms in total. The first-order valence-corrected chi connectivity index (χ1v) is 14.9. The van der Waals surface area contributed by atoms with Gasteiger partial charge in [0.2, 0.25) is 5.91 Å². The maximum atomic E-state index is 13.4. The Labute approximate surface area is 242 Å². The quantitative estimate of drug-likeness (QED) is 0.158. The first kappa shape index (κ1) is 29.5. The number of thioether (sulfide) groups is 1. The van der Waals surface area contributed by atoms with Crippen molar-refractivity contribution in [3.05, 3.63) is 64.0 Å². The van der Waals surface area contributed by atoms with Gasteiger partial charge in [0.25, 0.3) is 5.91 Å². The smallest absolute Gasteiger partial charge is 0.341 e. The van der Waals surface area contributed by atoms with Crippen molar-refractivity contribution in [2.24, 2.45) is 0 Å². The molecule has 1 heterocycles. The Morgan fingerprint density at radius 1 is 0.925 bits per heavy atom. The zero-order valence-electron chi connectivity index (χ0n) is 23.1. The third-order valence-corrected chi connectivity index (χ3v) is 9.30. The molecule has 2 aromatic carbocycles. The largest absolute Gasteiger partial charge is 0.496 e. The Morgan fingerprint density at radius 2 is 1.62 bits per heavy atom. The number of nitrogens with one attached hydrogen (secondary N) is 2. The van der Waals surface area contributed by atoms with E-state index in [9.17, 15) is 14.4 Å². The molecule has 2 N–H and O–H groups in total. The molecular weight excluding hydrogens is 548 g/mol. The lowest BCUT2D eigenvalue weighted by atomic mass is 10.1. The monoisotopic (exact) mass is 582 g/mol. The lowest BCUT2D eigenvalue weighted by molar-refractivity contribution is -0.115. The molecule has 1 unspecified atom stereocenters. The number of hydrogen-bond acceptors (Lipinski definition) is 8. The van der Waals surface area contributed by atoms with Crippen molar-refractivity contribution in [1.82, 2.24) is 0 Å². The van der Waals surface area contributed by atoms with Crippen molar-refractivity contribution in [3.8, 4) is 11.5 Å². The second kappa shape index (κ2) is 13.7.